The molecule has 2 aromatic rings. The summed E-state index contributed by atoms with van der Waals surface area (Å²) in [6.45, 7) is 6.26. The maximum absolute atomic E-state index is 12.6. The summed E-state index contributed by atoms with van der Waals surface area (Å²) < 4.78 is 5.55. The van der Waals surface area contributed by atoms with Crippen LogP contribution < -0.4 is 5.32 Å². The Labute approximate surface area is 132 Å². The van der Waals surface area contributed by atoms with Crippen molar-refractivity contribution in [3.63, 3.8) is 0 Å². The molecule has 0 aliphatic carbocycles. The predicted molar refractivity (Wildman–Crippen MR) is 88.9 cm³/mol. The molecular formula is C19H22NO2. The zero-order valence-corrected chi connectivity index (χ0v) is 13.3. The Bertz CT molecular complexity index is 608. The number of Topliss-reactive ketones (excluding diaryl/α,β-unsaturated/α-hetero) is 1. The molecule has 0 aromatic heterocycles. The molecule has 2 aromatic carbocycles. The molecule has 0 spiro atoms. The zero-order valence-electron chi connectivity index (χ0n) is 13.3. The number of nitrogens with zero attached hydrogens (tertiary/aromatic N) is 1. The summed E-state index contributed by atoms with van der Waals surface area (Å²) in [5.41, 5.74) is 2.19. The minimum absolute atomic E-state index is 0.0657. The van der Waals surface area contributed by atoms with Gasteiger partial charge in [0.25, 0.3) is 0 Å². The lowest BCUT2D eigenvalue weighted by Gasteiger charge is -2.15. The van der Waals surface area contributed by atoms with E-state index in [0.717, 1.165) is 5.69 Å². The van der Waals surface area contributed by atoms with Gasteiger partial charge in [0.2, 0.25) is 0 Å². The molecule has 0 saturated carbocycles. The molecule has 0 fully saturated rings. The number of rotatable bonds is 7. The van der Waals surface area contributed by atoms with Crippen LogP contribution in [0.1, 0.15) is 31.1 Å². The number of carbonyl (C=O) groups excluding carboxylic acids is 1. The lowest BCUT2D eigenvalue weighted by atomic mass is 9.98. The first-order chi connectivity index (χ1) is 10.6. The van der Waals surface area contributed by atoms with E-state index in [-0.39, 0.29) is 17.8 Å². The van der Waals surface area contributed by atoms with Crippen LogP contribution in [0.3, 0.4) is 0 Å². The first-order valence-electron chi connectivity index (χ1n) is 7.59. The fraction of sp³-hybridized carbons (Fsp3) is 0.316. The van der Waals surface area contributed by atoms with Gasteiger partial charge >= 0.3 is 0 Å². The van der Waals surface area contributed by atoms with Gasteiger partial charge in [-0.25, -0.2) is 5.32 Å². The van der Waals surface area contributed by atoms with E-state index in [2.05, 4.69) is 5.32 Å². The quantitative estimate of drug-likeness (QED) is 0.706. The van der Waals surface area contributed by atoms with Gasteiger partial charge in [0.15, 0.2) is 5.78 Å². The topological polar surface area (TPSA) is 40.4 Å². The van der Waals surface area contributed by atoms with Crippen LogP contribution in [-0.2, 0) is 4.74 Å². The van der Waals surface area contributed by atoms with Crippen molar-refractivity contribution in [1.29, 1.82) is 0 Å². The number of hydrogen-bond acceptors (Lipinski definition) is 2. The van der Waals surface area contributed by atoms with Crippen LogP contribution in [-0.4, -0.2) is 18.5 Å². The van der Waals surface area contributed by atoms with Gasteiger partial charge in [-0.1, -0.05) is 37.3 Å². The summed E-state index contributed by atoms with van der Waals surface area (Å²) in [6.07, 6.45) is 0.125. The van der Waals surface area contributed by atoms with Crippen LogP contribution in [0.5, 0.6) is 0 Å². The summed E-state index contributed by atoms with van der Waals surface area (Å²) in [6, 6.07) is 17.1. The third kappa shape index (κ3) is 4.43. The summed E-state index contributed by atoms with van der Waals surface area (Å²) in [4.78, 5) is 12.6. The average molecular weight is 296 g/mol. The fourth-order valence-corrected chi connectivity index (χ4v) is 2.10. The second kappa shape index (κ2) is 7.76. The molecule has 0 aliphatic rings. The molecule has 0 aliphatic heterocycles. The van der Waals surface area contributed by atoms with E-state index in [1.165, 1.54) is 0 Å². The predicted octanol–water partition coefficient (Wildman–Crippen LogP) is 4.50. The van der Waals surface area contributed by atoms with Crippen LogP contribution in [0.4, 0.5) is 11.4 Å². The highest BCUT2D eigenvalue weighted by atomic mass is 16.5. The number of hydrogen-bond donors (Lipinski definition) is 0. The van der Waals surface area contributed by atoms with Gasteiger partial charge in [-0.2, -0.15) is 0 Å². The second-order valence-electron chi connectivity index (χ2n) is 5.61. The molecule has 1 atom stereocenters. The molecule has 0 saturated heterocycles. The van der Waals surface area contributed by atoms with E-state index in [1.807, 2.05) is 75.4 Å². The molecule has 1 radical (unpaired) electrons. The van der Waals surface area contributed by atoms with Crippen LogP contribution in [0.25, 0.3) is 0 Å². The molecule has 2 rings (SSSR count). The Kier molecular flexibility index (Phi) is 5.73. The second-order valence-corrected chi connectivity index (χ2v) is 5.61. The van der Waals surface area contributed by atoms with Gasteiger partial charge in [0, 0.05) is 11.5 Å². The monoisotopic (exact) mass is 296 g/mol. The Morgan fingerprint density at radius 2 is 1.64 bits per heavy atom. The molecule has 1 unspecified atom stereocenters. The third-order valence-electron chi connectivity index (χ3n) is 3.30. The van der Waals surface area contributed by atoms with Crippen LogP contribution >= 0.6 is 0 Å². The molecule has 115 valence electrons. The normalized spacial score (nSPS) is 12.2. The van der Waals surface area contributed by atoms with Gasteiger partial charge < -0.3 is 4.74 Å². The lowest BCUT2D eigenvalue weighted by molar-refractivity contribution is 0.0491. The summed E-state index contributed by atoms with van der Waals surface area (Å²) in [5.74, 6) is -0.120. The molecular weight excluding hydrogens is 274 g/mol. The van der Waals surface area contributed by atoms with Gasteiger partial charge in [-0.3, -0.25) is 4.79 Å². The summed E-state index contributed by atoms with van der Waals surface area (Å²) in [5, 5.41) is 4.58. The summed E-state index contributed by atoms with van der Waals surface area (Å²) in [7, 11) is 0. The maximum Gasteiger partial charge on any atom is 0.170 e. The van der Waals surface area contributed by atoms with E-state index in [4.69, 9.17) is 4.74 Å². The first kappa shape index (κ1) is 16.2. The van der Waals surface area contributed by atoms with E-state index in [1.54, 1.807) is 0 Å². The third-order valence-corrected chi connectivity index (χ3v) is 3.30. The number of ketones is 1. The number of ether oxygens (including phenoxy) is 1. The molecule has 0 heterocycles. The molecule has 3 heteroatoms. The number of benzene rings is 2. The largest absolute Gasteiger partial charge is 0.378 e. The fourth-order valence-electron chi connectivity index (χ4n) is 2.10. The van der Waals surface area contributed by atoms with Crippen molar-refractivity contribution in [3.05, 3.63) is 60.2 Å². The Balaban J connectivity index is 2.15. The standard InChI is InChI=1S/C19H22NO2/c1-14(2)22-13-15(3)19(21)17-11-7-8-12-18(17)20-16-9-5-4-6-10-16/h4-12,14-15H,13H2,1-3H3. The highest BCUT2D eigenvalue weighted by Crippen LogP contribution is 2.23. The van der Waals surface area contributed by atoms with Crippen LogP contribution in [0.2, 0.25) is 0 Å². The molecule has 22 heavy (non-hydrogen) atoms. The highest BCUT2D eigenvalue weighted by molar-refractivity contribution is 6.02. The van der Waals surface area contributed by atoms with Crippen molar-refractivity contribution < 1.29 is 9.53 Å². The Morgan fingerprint density at radius 3 is 2.32 bits per heavy atom. The average Bonchev–Trinajstić information content (AvgIpc) is 2.53. The van der Waals surface area contributed by atoms with E-state index in [0.29, 0.717) is 17.9 Å². The lowest BCUT2D eigenvalue weighted by Crippen LogP contribution is -2.20. The molecule has 3 nitrogen and oxygen atoms in total. The van der Waals surface area contributed by atoms with Crippen molar-refractivity contribution >= 4 is 17.2 Å². The van der Waals surface area contributed by atoms with Crippen molar-refractivity contribution in [2.45, 2.75) is 26.9 Å². The minimum Gasteiger partial charge on any atom is -0.378 e. The molecule has 0 amide bonds. The highest BCUT2D eigenvalue weighted by Gasteiger charge is 2.19. The Morgan fingerprint density at radius 1 is 1.00 bits per heavy atom. The van der Waals surface area contributed by atoms with Gasteiger partial charge in [0.05, 0.1) is 24.1 Å². The Hall–Kier alpha value is -2.13. The van der Waals surface area contributed by atoms with E-state index < -0.39 is 0 Å². The van der Waals surface area contributed by atoms with E-state index >= 15 is 0 Å². The van der Waals surface area contributed by atoms with Gasteiger partial charge in [0.1, 0.15) is 0 Å². The maximum atomic E-state index is 12.6. The van der Waals surface area contributed by atoms with Crippen LogP contribution in [0.15, 0.2) is 54.6 Å². The van der Waals surface area contributed by atoms with Crippen LogP contribution in [0, 0.1) is 5.92 Å². The van der Waals surface area contributed by atoms with Gasteiger partial charge in [-0.05, 0) is 38.1 Å². The first-order valence-corrected chi connectivity index (χ1v) is 7.59. The minimum atomic E-state index is -0.186. The summed E-state index contributed by atoms with van der Waals surface area (Å²) >= 11 is 0. The van der Waals surface area contributed by atoms with Crippen molar-refractivity contribution in [2.24, 2.45) is 5.92 Å². The smallest absolute Gasteiger partial charge is 0.170 e. The molecule has 0 N–H and O–H groups in total. The van der Waals surface area contributed by atoms with Crippen molar-refractivity contribution in [1.82, 2.24) is 5.32 Å². The van der Waals surface area contributed by atoms with Crippen molar-refractivity contribution in [3.8, 4) is 0 Å². The number of carbonyl (C=O) groups is 1. The SMILES string of the molecule is CC(C)OCC(C)C(=O)c1ccccc1[N]c1ccccc1. The molecule has 0 bridgehead atoms. The van der Waals surface area contributed by atoms with E-state index in [9.17, 15) is 4.79 Å². The van der Waals surface area contributed by atoms with Gasteiger partial charge in [-0.15, -0.1) is 0 Å². The van der Waals surface area contributed by atoms with Crippen molar-refractivity contribution in [2.75, 3.05) is 6.61 Å². The zero-order chi connectivity index (χ0) is 15.9. The number of para-hydroxylation sites is 2.